The van der Waals surface area contributed by atoms with E-state index in [9.17, 15) is 0 Å². The highest BCUT2D eigenvalue weighted by Crippen LogP contribution is 2.32. The number of halogens is 1. The fourth-order valence-electron chi connectivity index (χ4n) is 1.99. The van der Waals surface area contributed by atoms with Gasteiger partial charge in [-0.25, -0.2) is 4.98 Å². The van der Waals surface area contributed by atoms with E-state index in [1.165, 1.54) is 10.3 Å². The van der Waals surface area contributed by atoms with Crippen LogP contribution in [0, 0.1) is 6.92 Å². The van der Waals surface area contributed by atoms with Crippen molar-refractivity contribution >= 4 is 37.5 Å². The molecule has 4 heteroatoms. The van der Waals surface area contributed by atoms with Crippen molar-refractivity contribution in [2.75, 3.05) is 0 Å². The number of furan rings is 1. The van der Waals surface area contributed by atoms with Gasteiger partial charge in [-0.2, -0.15) is 0 Å². The van der Waals surface area contributed by atoms with Gasteiger partial charge in [-0.15, -0.1) is 11.3 Å². The Balaban J connectivity index is 1.86. The lowest BCUT2D eigenvalue weighted by molar-refractivity contribution is 0.529. The number of benzene rings is 1. The zero-order valence-electron chi connectivity index (χ0n) is 9.89. The van der Waals surface area contributed by atoms with Crippen molar-refractivity contribution in [3.63, 3.8) is 0 Å². The quantitative estimate of drug-likeness (QED) is 0.643. The summed E-state index contributed by atoms with van der Waals surface area (Å²) in [6.45, 7) is 1.99. The van der Waals surface area contributed by atoms with Gasteiger partial charge in [0.25, 0.3) is 0 Å². The minimum Gasteiger partial charge on any atom is -0.469 e. The zero-order valence-corrected chi connectivity index (χ0v) is 12.3. The van der Waals surface area contributed by atoms with Gasteiger partial charge in [0, 0.05) is 16.8 Å². The van der Waals surface area contributed by atoms with Crippen LogP contribution < -0.4 is 0 Å². The molecule has 1 aromatic carbocycles. The number of aryl methyl sites for hydroxylation is 1. The Hall–Kier alpha value is -1.13. The molecule has 2 aromatic heterocycles. The van der Waals surface area contributed by atoms with Crippen molar-refractivity contribution in [3.05, 3.63) is 52.9 Å². The first-order chi connectivity index (χ1) is 8.74. The SMILES string of the molecule is Cc1occc1C(Br)Cc1nc2ccccc2s1. The summed E-state index contributed by atoms with van der Waals surface area (Å²) >= 11 is 5.47. The molecule has 0 radical (unpaired) electrons. The van der Waals surface area contributed by atoms with Crippen LogP contribution in [0.4, 0.5) is 0 Å². The van der Waals surface area contributed by atoms with Gasteiger partial charge in [0.2, 0.25) is 0 Å². The number of hydrogen-bond donors (Lipinski definition) is 0. The number of hydrogen-bond acceptors (Lipinski definition) is 3. The Morgan fingerprint density at radius 1 is 1.33 bits per heavy atom. The Morgan fingerprint density at radius 2 is 2.17 bits per heavy atom. The first-order valence-corrected chi connectivity index (χ1v) is 7.50. The minimum atomic E-state index is 0.261. The molecule has 2 heterocycles. The topological polar surface area (TPSA) is 26.0 Å². The van der Waals surface area contributed by atoms with E-state index in [0.717, 1.165) is 22.7 Å². The number of thiazole rings is 1. The lowest BCUT2D eigenvalue weighted by atomic mass is 10.1. The maximum absolute atomic E-state index is 5.34. The first-order valence-electron chi connectivity index (χ1n) is 5.76. The molecule has 0 saturated carbocycles. The van der Waals surface area contributed by atoms with Crippen LogP contribution >= 0.6 is 27.3 Å². The van der Waals surface area contributed by atoms with Crippen molar-refractivity contribution in [1.29, 1.82) is 0 Å². The molecule has 3 aromatic rings. The number of fused-ring (bicyclic) bond motifs is 1. The van der Waals surface area contributed by atoms with Crippen LogP contribution in [0.5, 0.6) is 0 Å². The molecule has 0 fully saturated rings. The molecule has 0 bridgehead atoms. The number of aromatic nitrogens is 1. The number of rotatable bonds is 3. The summed E-state index contributed by atoms with van der Waals surface area (Å²) in [6, 6.07) is 10.3. The zero-order chi connectivity index (χ0) is 12.5. The molecule has 0 aliphatic heterocycles. The first kappa shape index (κ1) is 11.9. The molecule has 0 amide bonds. The van der Waals surface area contributed by atoms with E-state index in [1.807, 2.05) is 19.1 Å². The largest absolute Gasteiger partial charge is 0.469 e. The molecule has 0 N–H and O–H groups in total. The number of alkyl halides is 1. The van der Waals surface area contributed by atoms with Crippen LogP contribution in [0.15, 0.2) is 41.0 Å². The molecular weight excluding hydrogens is 310 g/mol. The second-order valence-electron chi connectivity index (χ2n) is 4.18. The summed E-state index contributed by atoms with van der Waals surface area (Å²) in [7, 11) is 0. The standard InChI is InChI=1S/C14H12BrNOS/c1-9-10(6-7-17-9)11(15)8-14-16-12-4-2-3-5-13(12)18-14/h2-7,11H,8H2,1H3. The summed E-state index contributed by atoms with van der Waals surface area (Å²) in [6.07, 6.45) is 2.62. The van der Waals surface area contributed by atoms with Gasteiger partial charge in [0.1, 0.15) is 5.76 Å². The molecule has 92 valence electrons. The summed E-state index contributed by atoms with van der Waals surface area (Å²) in [4.78, 5) is 4.91. The summed E-state index contributed by atoms with van der Waals surface area (Å²) in [5.41, 5.74) is 2.29. The van der Waals surface area contributed by atoms with E-state index in [-0.39, 0.29) is 4.83 Å². The number of para-hydroxylation sites is 1. The smallest absolute Gasteiger partial charge is 0.105 e. The summed E-state index contributed by atoms with van der Waals surface area (Å²) in [5.74, 6) is 0.970. The monoisotopic (exact) mass is 321 g/mol. The van der Waals surface area contributed by atoms with Gasteiger partial charge in [-0.3, -0.25) is 0 Å². The van der Waals surface area contributed by atoms with Crippen molar-refractivity contribution < 1.29 is 4.42 Å². The second kappa shape index (κ2) is 4.86. The third kappa shape index (κ3) is 2.22. The Kier molecular flexibility index (Phi) is 3.22. The van der Waals surface area contributed by atoms with Gasteiger partial charge in [-0.05, 0) is 25.1 Å². The van der Waals surface area contributed by atoms with Crippen LogP contribution in [0.3, 0.4) is 0 Å². The van der Waals surface area contributed by atoms with E-state index < -0.39 is 0 Å². The maximum atomic E-state index is 5.34. The minimum absolute atomic E-state index is 0.261. The lowest BCUT2D eigenvalue weighted by Crippen LogP contribution is -1.94. The highest BCUT2D eigenvalue weighted by atomic mass is 79.9. The molecule has 1 atom stereocenters. The molecule has 0 saturated heterocycles. The molecule has 0 aliphatic rings. The molecule has 0 aliphatic carbocycles. The van der Waals surface area contributed by atoms with E-state index in [4.69, 9.17) is 4.42 Å². The summed E-state index contributed by atoms with van der Waals surface area (Å²) in [5, 5.41) is 1.15. The van der Waals surface area contributed by atoms with Gasteiger partial charge >= 0.3 is 0 Å². The normalized spacial score (nSPS) is 13.0. The Labute approximate surface area is 118 Å². The lowest BCUT2D eigenvalue weighted by Gasteiger charge is -2.05. The van der Waals surface area contributed by atoms with Crippen LogP contribution in [0.1, 0.15) is 21.2 Å². The molecule has 18 heavy (non-hydrogen) atoms. The van der Waals surface area contributed by atoms with Crippen molar-refractivity contribution in [2.45, 2.75) is 18.2 Å². The van der Waals surface area contributed by atoms with Crippen molar-refractivity contribution in [3.8, 4) is 0 Å². The third-order valence-corrected chi connectivity index (χ3v) is 4.80. The van der Waals surface area contributed by atoms with Gasteiger partial charge in [-0.1, -0.05) is 28.1 Å². The van der Waals surface area contributed by atoms with Gasteiger partial charge in [0.05, 0.1) is 21.5 Å². The number of nitrogens with zero attached hydrogens (tertiary/aromatic N) is 1. The maximum Gasteiger partial charge on any atom is 0.105 e. The fourth-order valence-corrected chi connectivity index (χ4v) is 4.00. The third-order valence-electron chi connectivity index (χ3n) is 2.93. The average molecular weight is 322 g/mol. The average Bonchev–Trinajstić information content (AvgIpc) is 2.94. The van der Waals surface area contributed by atoms with E-state index in [1.54, 1.807) is 17.6 Å². The summed E-state index contributed by atoms with van der Waals surface area (Å²) < 4.78 is 6.58. The molecule has 1 unspecified atom stereocenters. The highest BCUT2D eigenvalue weighted by Gasteiger charge is 2.15. The van der Waals surface area contributed by atoms with Crippen molar-refractivity contribution in [1.82, 2.24) is 4.98 Å². The van der Waals surface area contributed by atoms with Crippen LogP contribution in [0.2, 0.25) is 0 Å². The Bertz CT molecular complexity index is 640. The Morgan fingerprint density at radius 3 is 2.89 bits per heavy atom. The molecule has 2 nitrogen and oxygen atoms in total. The van der Waals surface area contributed by atoms with Crippen molar-refractivity contribution in [2.24, 2.45) is 0 Å². The molecular formula is C14H12BrNOS. The van der Waals surface area contributed by atoms with E-state index in [0.29, 0.717) is 0 Å². The van der Waals surface area contributed by atoms with Gasteiger partial charge in [0.15, 0.2) is 0 Å². The van der Waals surface area contributed by atoms with Crippen LogP contribution in [-0.2, 0) is 6.42 Å². The van der Waals surface area contributed by atoms with Crippen LogP contribution in [-0.4, -0.2) is 4.98 Å². The predicted molar refractivity (Wildman–Crippen MR) is 78.4 cm³/mol. The molecule has 0 spiro atoms. The van der Waals surface area contributed by atoms with Crippen LogP contribution in [0.25, 0.3) is 10.2 Å². The fraction of sp³-hybridized carbons (Fsp3) is 0.214. The van der Waals surface area contributed by atoms with Gasteiger partial charge < -0.3 is 4.42 Å². The van der Waals surface area contributed by atoms with E-state index >= 15 is 0 Å². The van der Waals surface area contributed by atoms with E-state index in [2.05, 4.69) is 39.1 Å². The molecule has 3 rings (SSSR count). The second-order valence-corrected chi connectivity index (χ2v) is 6.40. The predicted octanol–water partition coefficient (Wildman–Crippen LogP) is 4.88. The highest BCUT2D eigenvalue weighted by molar-refractivity contribution is 9.09.